The number of carboxylic acids is 1. The number of carbonyl (C=O) groups is 2. The van der Waals surface area contributed by atoms with Gasteiger partial charge < -0.3 is 15.2 Å². The highest BCUT2D eigenvalue weighted by molar-refractivity contribution is 8.03. The predicted molar refractivity (Wildman–Crippen MR) is 97.6 cm³/mol. The predicted octanol–water partition coefficient (Wildman–Crippen LogP) is 2.10. The van der Waals surface area contributed by atoms with Crippen LogP contribution in [0, 0.1) is 5.92 Å². The maximum atomic E-state index is 12.4. The molecule has 0 aromatic heterocycles. The van der Waals surface area contributed by atoms with Crippen molar-refractivity contribution in [3.05, 3.63) is 10.6 Å². The fourth-order valence-electron chi connectivity index (χ4n) is 5.27. The molecule has 1 spiro atoms. The van der Waals surface area contributed by atoms with E-state index in [-0.39, 0.29) is 23.6 Å². The van der Waals surface area contributed by atoms with Crippen molar-refractivity contribution in [2.24, 2.45) is 5.92 Å². The number of hydrogen-bond donors (Lipinski definition) is 2. The lowest BCUT2D eigenvalue weighted by Gasteiger charge is -2.43. The highest BCUT2D eigenvalue weighted by Gasteiger charge is 2.76. The maximum Gasteiger partial charge on any atom is 0.353 e. The van der Waals surface area contributed by atoms with Crippen molar-refractivity contribution >= 4 is 23.6 Å². The van der Waals surface area contributed by atoms with Crippen molar-refractivity contribution in [2.75, 3.05) is 6.61 Å². The number of carboxylic acid groups (broad SMARTS) is 1. The average molecular weight is 378 g/mol. The lowest BCUT2D eigenvalue weighted by molar-refractivity contribution is -0.158. The van der Waals surface area contributed by atoms with E-state index in [0.717, 1.165) is 17.7 Å². The Hall–Kier alpha value is -1.05. The summed E-state index contributed by atoms with van der Waals surface area (Å²) >= 11 is 1.69. The number of nitrogens with zero attached hydrogens (tertiary/aromatic N) is 1. The lowest BCUT2D eigenvalue weighted by atomic mass is 9.82. The molecule has 142 valence electrons. The van der Waals surface area contributed by atoms with Gasteiger partial charge in [-0.05, 0) is 25.7 Å². The molecule has 5 aliphatic rings. The second-order valence-corrected chi connectivity index (χ2v) is 9.86. The molecule has 3 unspecified atom stereocenters. The average Bonchev–Trinajstić information content (AvgIpc) is 3.36. The molecule has 2 saturated heterocycles. The van der Waals surface area contributed by atoms with Crippen molar-refractivity contribution < 1.29 is 19.4 Å². The zero-order chi connectivity index (χ0) is 18.1. The van der Waals surface area contributed by atoms with E-state index >= 15 is 0 Å². The van der Waals surface area contributed by atoms with E-state index in [2.05, 4.69) is 5.32 Å². The first-order valence-corrected chi connectivity index (χ1v) is 10.8. The van der Waals surface area contributed by atoms with E-state index in [1.54, 1.807) is 11.8 Å². The third kappa shape index (κ3) is 2.39. The largest absolute Gasteiger partial charge is 0.477 e. The van der Waals surface area contributed by atoms with Gasteiger partial charge in [-0.25, -0.2) is 4.79 Å². The van der Waals surface area contributed by atoms with Gasteiger partial charge in [0.2, 0.25) is 0 Å². The van der Waals surface area contributed by atoms with E-state index in [9.17, 15) is 14.7 Å². The van der Waals surface area contributed by atoms with Gasteiger partial charge in [0, 0.05) is 28.2 Å². The van der Waals surface area contributed by atoms with Crippen LogP contribution in [0.2, 0.25) is 0 Å². The molecular weight excluding hydrogens is 352 g/mol. The van der Waals surface area contributed by atoms with Gasteiger partial charge in [-0.1, -0.05) is 26.2 Å². The molecule has 7 heteroatoms. The summed E-state index contributed by atoms with van der Waals surface area (Å²) in [4.78, 5) is 26.5. The summed E-state index contributed by atoms with van der Waals surface area (Å²) in [5.74, 6) is -1.09. The molecule has 2 aliphatic carbocycles. The summed E-state index contributed by atoms with van der Waals surface area (Å²) in [6, 6.07) is 1.13. The molecule has 0 radical (unpaired) electrons. The standard InChI is InChI=1S/C19H26N2O4S/c1-10-15(14(17(22)23)21-16(10)19(9-25-19)18(21)24)26-13-7-12(8-13)20-11-5-3-2-4-6-11/h10-13,16,20H,2-9H2,1H3,(H,22,23). The Balaban J connectivity index is 1.23. The van der Waals surface area contributed by atoms with Gasteiger partial charge in [0.15, 0.2) is 5.60 Å². The molecule has 3 heterocycles. The zero-order valence-electron chi connectivity index (χ0n) is 15.1. The number of hydrogen-bond acceptors (Lipinski definition) is 5. The van der Waals surface area contributed by atoms with Gasteiger partial charge >= 0.3 is 5.97 Å². The van der Waals surface area contributed by atoms with Crippen LogP contribution in [0.5, 0.6) is 0 Å². The van der Waals surface area contributed by atoms with Gasteiger partial charge in [0.05, 0.1) is 12.6 Å². The quantitative estimate of drug-likeness (QED) is 0.563. The smallest absolute Gasteiger partial charge is 0.353 e. The van der Waals surface area contributed by atoms with E-state index in [0.29, 0.717) is 23.9 Å². The molecule has 4 fully saturated rings. The Labute approximate surface area is 157 Å². The number of amides is 1. The number of ether oxygens (including phenoxy) is 1. The molecule has 5 rings (SSSR count). The summed E-state index contributed by atoms with van der Waals surface area (Å²) < 4.78 is 5.42. The first kappa shape index (κ1) is 17.1. The molecule has 3 aliphatic heterocycles. The Morgan fingerprint density at radius 1 is 1.27 bits per heavy atom. The van der Waals surface area contributed by atoms with Crippen LogP contribution in [-0.4, -0.2) is 57.5 Å². The Morgan fingerprint density at radius 2 is 1.96 bits per heavy atom. The fraction of sp³-hybridized carbons (Fsp3) is 0.789. The lowest BCUT2D eigenvalue weighted by Crippen LogP contribution is -2.67. The Kier molecular flexibility index (Phi) is 3.92. The van der Waals surface area contributed by atoms with Crippen LogP contribution in [0.15, 0.2) is 10.6 Å². The molecule has 2 N–H and O–H groups in total. The number of fused-ring (bicyclic) bond motifs is 2. The molecular formula is C19H26N2O4S. The van der Waals surface area contributed by atoms with Crippen molar-refractivity contribution in [3.8, 4) is 0 Å². The molecule has 26 heavy (non-hydrogen) atoms. The minimum Gasteiger partial charge on any atom is -0.477 e. The topological polar surface area (TPSA) is 82.2 Å². The maximum absolute atomic E-state index is 12.4. The van der Waals surface area contributed by atoms with Crippen molar-refractivity contribution in [1.82, 2.24) is 10.2 Å². The normalized spacial score (nSPS) is 41.9. The first-order chi connectivity index (χ1) is 12.5. The SMILES string of the molecule is CC1C(SC2CC(NC3CCCCC3)C2)=C(C(=O)O)N2C(=O)C3(CO3)C12. The second kappa shape index (κ2) is 5.97. The number of thioether (sulfide) groups is 1. The van der Waals surface area contributed by atoms with Crippen molar-refractivity contribution in [1.29, 1.82) is 0 Å². The first-order valence-electron chi connectivity index (χ1n) is 9.89. The van der Waals surface area contributed by atoms with E-state index in [1.165, 1.54) is 37.0 Å². The Morgan fingerprint density at radius 3 is 2.58 bits per heavy atom. The third-order valence-corrected chi connectivity index (χ3v) is 8.36. The van der Waals surface area contributed by atoms with E-state index < -0.39 is 11.6 Å². The van der Waals surface area contributed by atoms with Gasteiger partial charge in [-0.2, -0.15) is 0 Å². The van der Waals surface area contributed by atoms with Gasteiger partial charge in [0.25, 0.3) is 5.91 Å². The van der Waals surface area contributed by atoms with Crippen LogP contribution in [0.3, 0.4) is 0 Å². The number of aliphatic carboxylic acids is 1. The van der Waals surface area contributed by atoms with Gasteiger partial charge in [-0.15, -0.1) is 11.8 Å². The summed E-state index contributed by atoms with van der Waals surface area (Å²) in [6.45, 7) is 2.49. The molecule has 3 atom stereocenters. The minimum atomic E-state index is -0.984. The summed E-state index contributed by atoms with van der Waals surface area (Å²) in [5, 5.41) is 13.9. The van der Waals surface area contributed by atoms with Crippen LogP contribution in [0.4, 0.5) is 0 Å². The molecule has 6 nitrogen and oxygen atoms in total. The highest BCUT2D eigenvalue weighted by atomic mass is 32.2. The zero-order valence-corrected chi connectivity index (χ0v) is 15.9. The fourth-order valence-corrected chi connectivity index (χ4v) is 6.93. The van der Waals surface area contributed by atoms with Gasteiger partial charge in [0.1, 0.15) is 5.70 Å². The molecule has 2 saturated carbocycles. The summed E-state index contributed by atoms with van der Waals surface area (Å²) in [6.07, 6.45) is 8.80. The number of β-lactam (4-membered cyclic amide) rings is 1. The highest BCUT2D eigenvalue weighted by Crippen LogP contribution is 2.58. The molecule has 0 bridgehead atoms. The van der Waals surface area contributed by atoms with Crippen molar-refractivity contribution in [3.63, 3.8) is 0 Å². The second-order valence-electron chi connectivity index (χ2n) is 8.51. The number of rotatable bonds is 5. The van der Waals surface area contributed by atoms with Crippen LogP contribution < -0.4 is 5.32 Å². The van der Waals surface area contributed by atoms with Crippen molar-refractivity contribution in [2.45, 2.75) is 80.8 Å². The molecule has 1 amide bonds. The van der Waals surface area contributed by atoms with Crippen LogP contribution in [-0.2, 0) is 14.3 Å². The van der Waals surface area contributed by atoms with Gasteiger partial charge in [-0.3, -0.25) is 9.69 Å². The number of nitrogens with one attached hydrogen (secondary N) is 1. The van der Waals surface area contributed by atoms with E-state index in [1.807, 2.05) is 6.92 Å². The van der Waals surface area contributed by atoms with Crippen LogP contribution in [0.25, 0.3) is 0 Å². The van der Waals surface area contributed by atoms with Crippen LogP contribution >= 0.6 is 11.8 Å². The summed E-state index contributed by atoms with van der Waals surface area (Å²) in [5.41, 5.74) is -0.491. The van der Waals surface area contributed by atoms with E-state index in [4.69, 9.17) is 4.74 Å². The Bertz CT molecular complexity index is 677. The monoisotopic (exact) mass is 378 g/mol. The number of carbonyl (C=O) groups excluding carboxylic acids is 1. The summed E-state index contributed by atoms with van der Waals surface area (Å²) in [7, 11) is 0. The van der Waals surface area contributed by atoms with Crippen LogP contribution in [0.1, 0.15) is 51.9 Å². The number of epoxide rings is 1. The molecule has 0 aromatic rings. The third-order valence-electron chi connectivity index (χ3n) is 6.82. The minimum absolute atomic E-state index is 0.0525. The molecule has 0 aromatic carbocycles.